The first-order valence-electron chi connectivity index (χ1n) is 7.30. The molecule has 0 saturated carbocycles. The molecule has 24 heavy (non-hydrogen) atoms. The zero-order valence-corrected chi connectivity index (χ0v) is 12.5. The first-order chi connectivity index (χ1) is 11.6. The highest BCUT2D eigenvalue weighted by molar-refractivity contribution is 6.02. The molecule has 2 unspecified atom stereocenters. The molecule has 2 amide bonds. The van der Waals surface area contributed by atoms with Crippen LogP contribution in [0.4, 0.5) is 8.78 Å². The highest BCUT2D eigenvalue weighted by Crippen LogP contribution is 2.30. The molecule has 5 nitrogen and oxygen atoms in total. The van der Waals surface area contributed by atoms with Crippen molar-refractivity contribution in [1.29, 1.82) is 0 Å². The summed E-state index contributed by atoms with van der Waals surface area (Å²) in [5.41, 5.74) is 2.60. The van der Waals surface area contributed by atoms with Crippen molar-refractivity contribution in [1.82, 2.24) is 10.8 Å². The van der Waals surface area contributed by atoms with Gasteiger partial charge in [0.25, 0.3) is 5.91 Å². The summed E-state index contributed by atoms with van der Waals surface area (Å²) in [6, 6.07) is 11.9. The van der Waals surface area contributed by atoms with Crippen molar-refractivity contribution in [2.45, 2.75) is 5.92 Å². The van der Waals surface area contributed by atoms with E-state index in [9.17, 15) is 18.4 Å². The van der Waals surface area contributed by atoms with Crippen LogP contribution in [0.25, 0.3) is 0 Å². The third-order valence-corrected chi connectivity index (χ3v) is 3.85. The largest absolute Gasteiger partial charge is 0.380 e. The van der Waals surface area contributed by atoms with Gasteiger partial charge >= 0.3 is 0 Å². The van der Waals surface area contributed by atoms with Crippen molar-refractivity contribution in [2.75, 3.05) is 6.54 Å². The normalized spacial score (nSPS) is 19.7. The van der Waals surface area contributed by atoms with Crippen LogP contribution in [0, 0.1) is 17.6 Å². The molecular formula is C17H14F2N2O3. The van der Waals surface area contributed by atoms with Crippen molar-refractivity contribution in [3.8, 4) is 5.75 Å². The summed E-state index contributed by atoms with van der Waals surface area (Å²) in [6.45, 7) is 0.160. The van der Waals surface area contributed by atoms with E-state index in [2.05, 4.69) is 10.8 Å². The molecule has 3 rings (SSSR count). The number of hydrogen-bond acceptors (Lipinski definition) is 3. The van der Waals surface area contributed by atoms with Gasteiger partial charge in [-0.3, -0.25) is 9.59 Å². The van der Waals surface area contributed by atoms with Crippen molar-refractivity contribution in [3.05, 3.63) is 65.7 Å². The van der Waals surface area contributed by atoms with Gasteiger partial charge in [0.2, 0.25) is 5.91 Å². The van der Waals surface area contributed by atoms with Gasteiger partial charge in [0.05, 0.1) is 0 Å². The van der Waals surface area contributed by atoms with E-state index in [-0.39, 0.29) is 6.54 Å². The minimum atomic E-state index is -1.08. The number of halogens is 2. The molecule has 0 aromatic heterocycles. The Morgan fingerprint density at radius 2 is 1.88 bits per heavy atom. The smallest absolute Gasteiger partial charge is 0.265 e. The van der Waals surface area contributed by atoms with Crippen LogP contribution in [-0.2, 0) is 9.59 Å². The summed E-state index contributed by atoms with van der Waals surface area (Å²) in [6.07, 6.45) is 0. The second-order valence-corrected chi connectivity index (χ2v) is 5.38. The van der Waals surface area contributed by atoms with E-state index >= 15 is 0 Å². The highest BCUT2D eigenvalue weighted by atomic mass is 19.2. The maximum absolute atomic E-state index is 13.4. The molecule has 0 bridgehead atoms. The molecule has 2 atom stereocenters. The number of hydrogen-bond donors (Lipinski definition) is 2. The summed E-state index contributed by atoms with van der Waals surface area (Å²) in [5, 5.41) is 2.56. The predicted octanol–water partition coefficient (Wildman–Crippen LogP) is 1.90. The van der Waals surface area contributed by atoms with Gasteiger partial charge in [0.1, 0.15) is 5.92 Å². The van der Waals surface area contributed by atoms with E-state index in [0.717, 1.165) is 12.1 Å². The molecule has 0 aliphatic carbocycles. The van der Waals surface area contributed by atoms with Gasteiger partial charge in [0.15, 0.2) is 17.4 Å². The van der Waals surface area contributed by atoms with Crippen molar-refractivity contribution in [3.63, 3.8) is 0 Å². The molecule has 0 spiro atoms. The molecule has 1 saturated heterocycles. The molecule has 1 aliphatic heterocycles. The summed E-state index contributed by atoms with van der Waals surface area (Å²) >= 11 is 0. The van der Waals surface area contributed by atoms with Crippen LogP contribution >= 0.6 is 0 Å². The summed E-state index contributed by atoms with van der Waals surface area (Å²) in [5.74, 6) is -4.42. The van der Waals surface area contributed by atoms with E-state index in [1.165, 1.54) is 6.07 Å². The minimum absolute atomic E-state index is 0.160. The van der Waals surface area contributed by atoms with Gasteiger partial charge in [-0.1, -0.05) is 24.3 Å². The molecule has 2 N–H and O–H groups in total. The number of nitrogens with one attached hydrogen (secondary N) is 2. The lowest BCUT2D eigenvalue weighted by molar-refractivity contribution is -0.138. The average Bonchev–Trinajstić information content (AvgIpc) is 2.98. The Morgan fingerprint density at radius 1 is 1.12 bits per heavy atom. The Morgan fingerprint density at radius 3 is 2.58 bits per heavy atom. The monoisotopic (exact) mass is 332 g/mol. The molecular weight excluding hydrogens is 318 g/mol. The Kier molecular flexibility index (Phi) is 4.41. The molecule has 0 radical (unpaired) electrons. The topological polar surface area (TPSA) is 67.4 Å². The van der Waals surface area contributed by atoms with E-state index in [0.29, 0.717) is 11.3 Å². The number of rotatable bonds is 4. The molecule has 1 heterocycles. The number of benzene rings is 2. The summed E-state index contributed by atoms with van der Waals surface area (Å²) in [4.78, 5) is 29.4. The molecule has 124 valence electrons. The predicted molar refractivity (Wildman–Crippen MR) is 80.8 cm³/mol. The fraction of sp³-hybridized carbons (Fsp3) is 0.176. The Bertz CT molecular complexity index is 768. The highest BCUT2D eigenvalue weighted by Gasteiger charge is 2.41. The number of carbonyl (C=O) groups is 2. The van der Waals surface area contributed by atoms with Gasteiger partial charge in [-0.05, 0) is 29.8 Å². The second-order valence-electron chi connectivity index (χ2n) is 5.38. The first-order valence-corrected chi connectivity index (χ1v) is 7.30. The van der Waals surface area contributed by atoms with Gasteiger partial charge in [-0.25, -0.2) is 8.78 Å². The Labute approximate surface area is 136 Å². The number of para-hydroxylation sites is 1. The van der Waals surface area contributed by atoms with Crippen LogP contribution in [0.15, 0.2) is 48.5 Å². The maximum Gasteiger partial charge on any atom is 0.265 e. The van der Waals surface area contributed by atoms with Crippen molar-refractivity contribution in [2.24, 2.45) is 5.92 Å². The lowest BCUT2D eigenvalue weighted by atomic mass is 9.88. The van der Waals surface area contributed by atoms with E-state index < -0.39 is 35.3 Å². The van der Waals surface area contributed by atoms with E-state index in [1.54, 1.807) is 30.3 Å². The van der Waals surface area contributed by atoms with Crippen molar-refractivity contribution >= 4 is 11.8 Å². The van der Waals surface area contributed by atoms with Crippen LogP contribution in [0.3, 0.4) is 0 Å². The molecule has 2 aromatic rings. The van der Waals surface area contributed by atoms with Crippen molar-refractivity contribution < 1.29 is 23.2 Å². The van der Waals surface area contributed by atoms with Crippen LogP contribution in [0.2, 0.25) is 0 Å². The van der Waals surface area contributed by atoms with Gasteiger partial charge in [-0.2, -0.15) is 5.48 Å². The quantitative estimate of drug-likeness (QED) is 0.664. The maximum atomic E-state index is 13.4. The number of hydroxylamine groups is 1. The third kappa shape index (κ3) is 3.19. The van der Waals surface area contributed by atoms with Crippen LogP contribution in [0.1, 0.15) is 11.5 Å². The second kappa shape index (κ2) is 6.66. The minimum Gasteiger partial charge on any atom is -0.380 e. The first kappa shape index (κ1) is 15.9. The van der Waals surface area contributed by atoms with Crippen LogP contribution < -0.4 is 15.6 Å². The zero-order chi connectivity index (χ0) is 17.1. The molecule has 1 fully saturated rings. The Hall–Kier alpha value is -2.96. The number of carbonyl (C=O) groups excluding carboxylic acids is 2. The van der Waals surface area contributed by atoms with Gasteiger partial charge in [0, 0.05) is 12.5 Å². The zero-order valence-electron chi connectivity index (χ0n) is 12.5. The standard InChI is InChI=1S/C17H14F2N2O3/c18-13-7-6-10(8-14(13)19)12-9-20-16(22)15(12)17(23)21-24-11-4-2-1-3-5-11/h1-8,12,15H,9H2,(H,20,22)(H,21,23). The lowest BCUT2D eigenvalue weighted by Gasteiger charge is -2.17. The fourth-order valence-corrected chi connectivity index (χ4v) is 2.64. The number of amides is 2. The van der Waals surface area contributed by atoms with Crippen LogP contribution in [-0.4, -0.2) is 18.4 Å². The molecule has 7 heteroatoms. The summed E-state index contributed by atoms with van der Waals surface area (Å²) < 4.78 is 26.5. The lowest BCUT2D eigenvalue weighted by Crippen LogP contribution is -2.38. The molecule has 1 aliphatic rings. The fourth-order valence-electron chi connectivity index (χ4n) is 2.64. The van der Waals surface area contributed by atoms with Gasteiger partial charge in [-0.15, -0.1) is 0 Å². The SMILES string of the molecule is O=C1NCC(c2ccc(F)c(F)c2)C1C(=O)NOc1ccccc1. The summed E-state index contributed by atoms with van der Waals surface area (Å²) in [7, 11) is 0. The van der Waals surface area contributed by atoms with E-state index in [4.69, 9.17) is 4.84 Å². The average molecular weight is 332 g/mol. The van der Waals surface area contributed by atoms with E-state index in [1.807, 2.05) is 0 Å². The third-order valence-electron chi connectivity index (χ3n) is 3.85. The van der Waals surface area contributed by atoms with Crippen LogP contribution in [0.5, 0.6) is 5.75 Å². The molecule has 2 aromatic carbocycles. The van der Waals surface area contributed by atoms with Gasteiger partial charge < -0.3 is 10.2 Å². The Balaban J connectivity index is 1.75.